The molecule has 0 saturated carbocycles. The minimum atomic E-state index is -1.96. The lowest BCUT2D eigenvalue weighted by molar-refractivity contribution is -0.146. The monoisotopic (exact) mass is 1080 g/mol. The zero-order valence-electron chi connectivity index (χ0n) is 40.9. The van der Waals surface area contributed by atoms with E-state index in [1.807, 2.05) is 36.4 Å². The van der Waals surface area contributed by atoms with Crippen LogP contribution in [0.2, 0.25) is 20.1 Å². The average Bonchev–Trinajstić information content (AvgIpc) is 3.36. The second kappa shape index (κ2) is 30.5. The molecule has 0 aliphatic carbocycles. The van der Waals surface area contributed by atoms with E-state index >= 15 is 0 Å². The van der Waals surface area contributed by atoms with Crippen LogP contribution in [-0.4, -0.2) is 177 Å². The molecule has 0 saturated heterocycles. The van der Waals surface area contributed by atoms with Crippen LogP contribution in [0, 0.1) is 0 Å². The van der Waals surface area contributed by atoms with Crippen LogP contribution < -0.4 is 21.3 Å². The highest BCUT2D eigenvalue weighted by Gasteiger charge is 2.31. The van der Waals surface area contributed by atoms with Gasteiger partial charge in [0.1, 0.15) is 0 Å². The van der Waals surface area contributed by atoms with Gasteiger partial charge in [0.05, 0.1) is 79.3 Å². The predicted molar refractivity (Wildman–Crippen MR) is 282 cm³/mol. The number of hydrogen-bond acceptors (Lipinski definition) is 14. The molecule has 0 aromatic heterocycles. The smallest absolute Gasteiger partial charge is 0.252 e. The van der Waals surface area contributed by atoms with Crippen molar-refractivity contribution in [2.24, 2.45) is 0 Å². The number of carbonyl (C=O) groups excluding carboxylic acids is 2. The molecule has 0 fully saturated rings. The number of nitrogens with one attached hydrogen (secondary N) is 4. The molecular weight excluding hydrogens is 1010 g/mol. The molecule has 2 amide bonds. The van der Waals surface area contributed by atoms with Crippen molar-refractivity contribution in [3.05, 3.63) is 126 Å². The minimum Gasteiger partial charge on any atom is -0.383 e. The Hall–Kier alpha value is -3.82. The zero-order valence-corrected chi connectivity index (χ0v) is 44.0. The van der Waals surface area contributed by atoms with Crippen molar-refractivity contribution in [3.63, 3.8) is 0 Å². The van der Waals surface area contributed by atoms with Crippen LogP contribution in [0.15, 0.2) is 72.8 Å². The number of amides is 2. The molecule has 6 N–H and O–H groups in total. The number of halogens is 4. The van der Waals surface area contributed by atoms with Gasteiger partial charge in [-0.05, 0) is 96.0 Å². The Balaban J connectivity index is 0.700. The molecular formula is C52H68Cl4N6O10. The first-order chi connectivity index (χ1) is 34.9. The van der Waals surface area contributed by atoms with E-state index in [9.17, 15) is 19.8 Å². The molecule has 4 unspecified atom stereocenters. The molecule has 2 aliphatic rings. The summed E-state index contributed by atoms with van der Waals surface area (Å²) < 4.78 is 33.4. The number of hydrogen-bond donors (Lipinski definition) is 6. The molecule has 6 rings (SSSR count). The van der Waals surface area contributed by atoms with Gasteiger partial charge in [-0.25, -0.2) is 0 Å². The fraction of sp³-hybridized carbons (Fsp3) is 0.500. The van der Waals surface area contributed by atoms with Gasteiger partial charge in [-0.2, -0.15) is 0 Å². The van der Waals surface area contributed by atoms with Crippen molar-refractivity contribution in [2.75, 3.05) is 143 Å². The molecule has 20 heteroatoms. The lowest BCUT2D eigenvalue weighted by Gasteiger charge is -2.33. The summed E-state index contributed by atoms with van der Waals surface area (Å²) in [7, 11) is 4.19. The third-order valence-corrected chi connectivity index (χ3v) is 13.2. The van der Waals surface area contributed by atoms with Crippen molar-refractivity contribution in [3.8, 4) is 0 Å². The van der Waals surface area contributed by atoms with Crippen molar-refractivity contribution in [1.29, 1.82) is 0 Å². The highest BCUT2D eigenvalue weighted by atomic mass is 35.5. The fourth-order valence-corrected chi connectivity index (χ4v) is 9.74. The standard InChI is InChI=1S/C52H68Cl4N6O10/c1-61-31-43(41-27-37(53)29-47(55)45(41)33-61)35-5-3-7-39(25-35)57-9-13-67-17-21-71-23-19-69-15-11-59-51(65)49(63)50(64)52(66)60-12-16-70-20-24-72-22-18-68-14-10-58-40-8-4-6-36(26-40)44-32-62(2)34-46-42(44)28-38(54)30-48(46)56/h3-8,25-30,43-44,49-50,57-58,63-64H,9-24,31-34H2,1-2H3,(H,59,65)(H,60,66). The first kappa shape index (κ1) is 57.5. The van der Waals surface area contributed by atoms with Gasteiger partial charge in [-0.3, -0.25) is 9.59 Å². The van der Waals surface area contributed by atoms with Crippen LogP contribution in [0.25, 0.3) is 0 Å². The molecule has 4 atom stereocenters. The molecule has 72 heavy (non-hydrogen) atoms. The van der Waals surface area contributed by atoms with Crippen LogP contribution in [0.4, 0.5) is 11.4 Å². The van der Waals surface area contributed by atoms with Crippen molar-refractivity contribution >= 4 is 69.6 Å². The summed E-state index contributed by atoms with van der Waals surface area (Å²) in [6.07, 6.45) is -3.91. The quantitative estimate of drug-likeness (QED) is 0.0321. The molecule has 0 radical (unpaired) electrons. The maximum Gasteiger partial charge on any atom is 0.252 e. The Morgan fingerprint density at radius 3 is 1.25 bits per heavy atom. The summed E-state index contributed by atoms with van der Waals surface area (Å²) in [6.45, 7) is 8.79. The summed E-state index contributed by atoms with van der Waals surface area (Å²) in [5.74, 6) is -1.49. The van der Waals surface area contributed by atoms with Crippen molar-refractivity contribution in [2.45, 2.75) is 37.1 Å². The van der Waals surface area contributed by atoms with Gasteiger partial charge in [0.2, 0.25) is 0 Å². The lowest BCUT2D eigenvalue weighted by atomic mass is 9.84. The summed E-state index contributed by atoms with van der Waals surface area (Å²) in [6, 6.07) is 24.4. The third-order valence-electron chi connectivity index (χ3n) is 12.1. The molecule has 394 valence electrons. The first-order valence-electron chi connectivity index (χ1n) is 24.3. The maximum absolute atomic E-state index is 12.3. The second-order valence-electron chi connectivity index (χ2n) is 17.7. The van der Waals surface area contributed by atoms with E-state index in [2.05, 4.69) is 69.4 Å². The molecule has 2 aliphatic heterocycles. The Morgan fingerprint density at radius 2 is 0.875 bits per heavy atom. The molecule has 0 bridgehead atoms. The van der Waals surface area contributed by atoms with E-state index in [-0.39, 0.29) is 51.4 Å². The van der Waals surface area contributed by atoms with Crippen molar-refractivity contribution < 1.29 is 48.2 Å². The Bertz CT molecular complexity index is 2180. The lowest BCUT2D eigenvalue weighted by Crippen LogP contribution is -2.50. The summed E-state index contributed by atoms with van der Waals surface area (Å²) in [4.78, 5) is 29.1. The Labute approximate surface area is 442 Å². The van der Waals surface area contributed by atoms with E-state index in [1.54, 1.807) is 12.1 Å². The van der Waals surface area contributed by atoms with Gasteiger partial charge in [0, 0.05) is 95.7 Å². The number of fused-ring (bicyclic) bond motifs is 2. The number of aliphatic hydroxyl groups excluding tert-OH is 2. The van der Waals surface area contributed by atoms with Gasteiger partial charge in [-0.1, -0.05) is 70.7 Å². The zero-order chi connectivity index (χ0) is 51.2. The second-order valence-corrected chi connectivity index (χ2v) is 19.3. The molecule has 4 aromatic rings. The van der Waals surface area contributed by atoms with Gasteiger partial charge < -0.3 is 69.7 Å². The summed E-state index contributed by atoms with van der Waals surface area (Å²) >= 11 is 25.8. The SMILES string of the molecule is CN1Cc2c(Cl)cc(Cl)cc2C(c2cccc(NCCOCCOCCOCCNC(=O)C(O)C(O)C(=O)NCCOCCOCCOCCNc3cccc(C4CN(C)Cc5c(Cl)cc(Cl)cc54)c3)c2)C1. The number of anilines is 2. The van der Waals surface area contributed by atoms with Crippen LogP contribution in [0.1, 0.15) is 45.2 Å². The van der Waals surface area contributed by atoms with Crippen LogP contribution in [0.5, 0.6) is 0 Å². The number of ether oxygens (including phenoxy) is 6. The molecule has 4 aromatic carbocycles. The predicted octanol–water partition coefficient (Wildman–Crippen LogP) is 6.03. The average molecular weight is 1080 g/mol. The number of benzene rings is 4. The number of carbonyl (C=O) groups is 2. The summed E-state index contributed by atoms with van der Waals surface area (Å²) in [5, 5.41) is 34.8. The van der Waals surface area contributed by atoms with Crippen LogP contribution >= 0.6 is 46.4 Å². The Morgan fingerprint density at radius 1 is 0.528 bits per heavy atom. The van der Waals surface area contributed by atoms with E-state index in [4.69, 9.17) is 74.8 Å². The molecule has 0 spiro atoms. The van der Waals surface area contributed by atoms with Gasteiger partial charge >= 0.3 is 0 Å². The largest absolute Gasteiger partial charge is 0.383 e. The van der Waals surface area contributed by atoms with E-state index in [0.717, 1.165) is 48.7 Å². The van der Waals surface area contributed by atoms with Crippen molar-refractivity contribution in [1.82, 2.24) is 20.4 Å². The minimum absolute atomic E-state index is 0.0636. The van der Waals surface area contributed by atoms with Gasteiger partial charge in [0.25, 0.3) is 11.8 Å². The van der Waals surface area contributed by atoms with E-state index in [1.165, 1.54) is 22.3 Å². The number of rotatable bonds is 31. The number of likely N-dealkylation sites (N-methyl/N-ethyl adjacent to an activating group) is 2. The topological polar surface area (TPSA) is 185 Å². The molecule has 2 heterocycles. The van der Waals surface area contributed by atoms with E-state index < -0.39 is 24.0 Å². The third kappa shape index (κ3) is 18.2. The molecule has 16 nitrogen and oxygen atoms in total. The highest BCUT2D eigenvalue weighted by molar-refractivity contribution is 6.35. The van der Waals surface area contributed by atoms with Gasteiger partial charge in [0.15, 0.2) is 12.2 Å². The highest BCUT2D eigenvalue weighted by Crippen LogP contribution is 2.40. The van der Waals surface area contributed by atoms with Gasteiger partial charge in [-0.15, -0.1) is 0 Å². The van der Waals surface area contributed by atoms with E-state index in [0.29, 0.717) is 86.0 Å². The normalized spacial score (nSPS) is 16.7. The Kier molecular flexibility index (Phi) is 24.4. The van der Waals surface area contributed by atoms with Crippen LogP contribution in [0.3, 0.4) is 0 Å². The first-order valence-corrected chi connectivity index (χ1v) is 25.8. The van der Waals surface area contributed by atoms with Crippen LogP contribution in [-0.2, 0) is 51.1 Å². The number of nitrogens with zero attached hydrogens (tertiary/aromatic N) is 2. The summed E-state index contributed by atoms with van der Waals surface area (Å²) in [5.41, 5.74) is 8.96. The fourth-order valence-electron chi connectivity index (χ4n) is 8.60. The number of aliphatic hydroxyl groups is 2. The maximum atomic E-state index is 12.3.